The summed E-state index contributed by atoms with van der Waals surface area (Å²) in [7, 11) is 0. The molecule has 124 valence electrons. The smallest absolute Gasteiger partial charge is 0.262 e. The SMILES string of the molecule is Cc1ccc(-c2csc3ncn(C[C@@H]4CCCO4)c(=O)c23)cc1C. The summed E-state index contributed by atoms with van der Waals surface area (Å²) in [6.07, 6.45) is 3.87. The second-order valence-electron chi connectivity index (χ2n) is 6.47. The molecule has 0 spiro atoms. The molecule has 1 aliphatic rings. The van der Waals surface area contributed by atoms with E-state index in [0.29, 0.717) is 6.54 Å². The maximum atomic E-state index is 13.0. The molecule has 4 rings (SSSR count). The summed E-state index contributed by atoms with van der Waals surface area (Å²) < 4.78 is 7.37. The van der Waals surface area contributed by atoms with E-state index in [2.05, 4.69) is 37.0 Å². The minimum absolute atomic E-state index is 0.0324. The van der Waals surface area contributed by atoms with Gasteiger partial charge in [-0.25, -0.2) is 4.98 Å². The van der Waals surface area contributed by atoms with Crippen molar-refractivity contribution in [3.63, 3.8) is 0 Å². The van der Waals surface area contributed by atoms with Crippen LogP contribution in [0.2, 0.25) is 0 Å². The van der Waals surface area contributed by atoms with Gasteiger partial charge in [0, 0.05) is 17.6 Å². The summed E-state index contributed by atoms with van der Waals surface area (Å²) in [5, 5.41) is 2.77. The summed E-state index contributed by atoms with van der Waals surface area (Å²) >= 11 is 1.53. The van der Waals surface area contributed by atoms with Crippen LogP contribution >= 0.6 is 11.3 Å². The first-order valence-corrected chi connectivity index (χ1v) is 9.17. The third kappa shape index (κ3) is 2.68. The van der Waals surface area contributed by atoms with Crippen LogP contribution in [0, 0.1) is 13.8 Å². The Balaban J connectivity index is 1.81. The first-order valence-electron chi connectivity index (χ1n) is 8.29. The standard InChI is InChI=1S/C19H20N2O2S/c1-12-5-6-14(8-13(12)2)16-10-24-18-17(16)19(22)21(11-20-18)9-15-4-3-7-23-15/h5-6,8,10-11,15H,3-4,7,9H2,1-2H3/t15-/m0/s1. The molecule has 3 aromatic rings. The normalized spacial score (nSPS) is 17.7. The van der Waals surface area contributed by atoms with Gasteiger partial charge in [-0.15, -0.1) is 11.3 Å². The number of fused-ring (bicyclic) bond motifs is 1. The number of aryl methyl sites for hydroxylation is 2. The van der Waals surface area contributed by atoms with Crippen LogP contribution in [0.15, 0.2) is 34.7 Å². The van der Waals surface area contributed by atoms with E-state index in [1.54, 1.807) is 10.9 Å². The van der Waals surface area contributed by atoms with Gasteiger partial charge in [0.05, 0.1) is 24.4 Å². The van der Waals surface area contributed by atoms with Crippen molar-refractivity contribution in [3.8, 4) is 11.1 Å². The Labute approximate surface area is 144 Å². The lowest BCUT2D eigenvalue weighted by Gasteiger charge is -2.11. The maximum Gasteiger partial charge on any atom is 0.262 e. The van der Waals surface area contributed by atoms with Crippen molar-refractivity contribution < 1.29 is 4.74 Å². The summed E-state index contributed by atoms with van der Waals surface area (Å²) in [6, 6.07) is 6.34. The minimum atomic E-state index is 0.0324. The van der Waals surface area contributed by atoms with Crippen molar-refractivity contribution in [1.29, 1.82) is 0 Å². The number of aromatic nitrogens is 2. The van der Waals surface area contributed by atoms with Crippen molar-refractivity contribution in [2.75, 3.05) is 6.61 Å². The lowest BCUT2D eigenvalue weighted by molar-refractivity contribution is 0.0960. The summed E-state index contributed by atoms with van der Waals surface area (Å²) in [5.74, 6) is 0. The summed E-state index contributed by atoms with van der Waals surface area (Å²) in [4.78, 5) is 18.3. The Morgan fingerprint density at radius 1 is 1.33 bits per heavy atom. The molecule has 0 unspecified atom stereocenters. The van der Waals surface area contributed by atoms with E-state index in [9.17, 15) is 4.79 Å². The predicted molar refractivity (Wildman–Crippen MR) is 97.8 cm³/mol. The topological polar surface area (TPSA) is 44.1 Å². The van der Waals surface area contributed by atoms with Crippen LogP contribution in [0.5, 0.6) is 0 Å². The van der Waals surface area contributed by atoms with E-state index < -0.39 is 0 Å². The van der Waals surface area contributed by atoms with E-state index in [4.69, 9.17) is 4.74 Å². The van der Waals surface area contributed by atoms with Crippen molar-refractivity contribution in [3.05, 3.63) is 51.4 Å². The van der Waals surface area contributed by atoms with Crippen molar-refractivity contribution in [2.24, 2.45) is 0 Å². The highest BCUT2D eigenvalue weighted by Crippen LogP contribution is 2.31. The molecule has 0 N–H and O–H groups in total. The second kappa shape index (κ2) is 6.15. The van der Waals surface area contributed by atoms with Crippen LogP contribution in [0.1, 0.15) is 24.0 Å². The molecule has 2 aromatic heterocycles. The summed E-state index contributed by atoms with van der Waals surface area (Å²) in [5.41, 5.74) is 4.59. The van der Waals surface area contributed by atoms with Crippen LogP contribution in [0.3, 0.4) is 0 Å². The molecular weight excluding hydrogens is 320 g/mol. The zero-order chi connectivity index (χ0) is 16.7. The zero-order valence-electron chi connectivity index (χ0n) is 13.9. The fraction of sp³-hybridized carbons (Fsp3) is 0.368. The monoisotopic (exact) mass is 340 g/mol. The van der Waals surface area contributed by atoms with Gasteiger partial charge >= 0.3 is 0 Å². The molecule has 4 nitrogen and oxygen atoms in total. The van der Waals surface area contributed by atoms with E-state index in [1.165, 1.54) is 22.5 Å². The number of thiophene rings is 1. The molecule has 1 aliphatic heterocycles. The maximum absolute atomic E-state index is 13.0. The van der Waals surface area contributed by atoms with E-state index in [-0.39, 0.29) is 11.7 Å². The Morgan fingerprint density at radius 2 is 2.21 bits per heavy atom. The van der Waals surface area contributed by atoms with Gasteiger partial charge in [-0.1, -0.05) is 18.2 Å². The third-order valence-corrected chi connectivity index (χ3v) is 5.69. The van der Waals surface area contributed by atoms with Gasteiger partial charge in [0.2, 0.25) is 0 Å². The van der Waals surface area contributed by atoms with Crippen LogP contribution in [-0.4, -0.2) is 22.3 Å². The molecule has 0 radical (unpaired) electrons. The molecule has 0 bridgehead atoms. The molecule has 1 aromatic carbocycles. The summed E-state index contributed by atoms with van der Waals surface area (Å²) in [6.45, 7) is 5.58. The van der Waals surface area contributed by atoms with E-state index in [1.807, 2.05) is 5.38 Å². The highest BCUT2D eigenvalue weighted by atomic mass is 32.1. The molecule has 5 heteroatoms. The van der Waals surface area contributed by atoms with Crippen molar-refractivity contribution in [1.82, 2.24) is 9.55 Å². The van der Waals surface area contributed by atoms with Crippen LogP contribution in [-0.2, 0) is 11.3 Å². The molecular formula is C19H20N2O2S. The first-order chi connectivity index (χ1) is 11.6. The minimum Gasteiger partial charge on any atom is -0.376 e. The van der Waals surface area contributed by atoms with Gasteiger partial charge in [0.1, 0.15) is 4.83 Å². The average molecular weight is 340 g/mol. The number of hydrogen-bond donors (Lipinski definition) is 0. The number of hydrogen-bond acceptors (Lipinski definition) is 4. The molecule has 3 heterocycles. The van der Waals surface area contributed by atoms with Gasteiger partial charge in [-0.3, -0.25) is 9.36 Å². The highest BCUT2D eigenvalue weighted by molar-refractivity contribution is 7.17. The van der Waals surface area contributed by atoms with E-state index >= 15 is 0 Å². The quantitative estimate of drug-likeness (QED) is 0.726. The lowest BCUT2D eigenvalue weighted by atomic mass is 10.0. The fourth-order valence-corrected chi connectivity index (χ4v) is 4.13. The molecule has 0 aliphatic carbocycles. The number of ether oxygens (including phenoxy) is 1. The van der Waals surface area contributed by atoms with Crippen molar-refractivity contribution >= 4 is 21.6 Å². The third-order valence-electron chi connectivity index (χ3n) is 4.80. The van der Waals surface area contributed by atoms with Gasteiger partial charge in [0.25, 0.3) is 5.56 Å². The zero-order valence-corrected chi connectivity index (χ0v) is 14.7. The Hall–Kier alpha value is -1.98. The van der Waals surface area contributed by atoms with Gasteiger partial charge in [-0.2, -0.15) is 0 Å². The van der Waals surface area contributed by atoms with Crippen molar-refractivity contribution in [2.45, 2.75) is 39.3 Å². The van der Waals surface area contributed by atoms with Crippen LogP contribution in [0.25, 0.3) is 21.3 Å². The van der Waals surface area contributed by atoms with Gasteiger partial charge < -0.3 is 4.74 Å². The number of nitrogens with zero attached hydrogens (tertiary/aromatic N) is 2. The van der Waals surface area contributed by atoms with Crippen LogP contribution in [0.4, 0.5) is 0 Å². The number of benzene rings is 1. The van der Waals surface area contributed by atoms with E-state index in [0.717, 1.165) is 40.8 Å². The van der Waals surface area contributed by atoms with Gasteiger partial charge in [-0.05, 0) is 43.4 Å². The molecule has 0 saturated carbocycles. The Kier molecular flexibility index (Phi) is 3.98. The predicted octanol–water partition coefficient (Wildman–Crippen LogP) is 3.92. The van der Waals surface area contributed by atoms with Gasteiger partial charge in [0.15, 0.2) is 0 Å². The molecule has 1 fully saturated rings. The molecule has 1 atom stereocenters. The fourth-order valence-electron chi connectivity index (χ4n) is 3.23. The van der Waals surface area contributed by atoms with Crippen LogP contribution < -0.4 is 5.56 Å². The largest absolute Gasteiger partial charge is 0.376 e. The Morgan fingerprint density at radius 3 is 2.96 bits per heavy atom. The lowest BCUT2D eigenvalue weighted by Crippen LogP contribution is -2.26. The Bertz CT molecular complexity index is 952. The first kappa shape index (κ1) is 15.5. The highest BCUT2D eigenvalue weighted by Gasteiger charge is 2.19. The molecule has 24 heavy (non-hydrogen) atoms. The molecule has 0 amide bonds. The second-order valence-corrected chi connectivity index (χ2v) is 7.32. The molecule has 1 saturated heterocycles. The number of rotatable bonds is 3. The average Bonchev–Trinajstić information content (AvgIpc) is 3.22.